The molecule has 0 saturated carbocycles. The van der Waals surface area contributed by atoms with E-state index in [0.29, 0.717) is 12.3 Å². The normalized spacial score (nSPS) is 18.2. The molecule has 1 heterocycles. The van der Waals surface area contributed by atoms with Gasteiger partial charge in [-0.3, -0.25) is 4.79 Å². The van der Waals surface area contributed by atoms with Crippen molar-refractivity contribution in [1.29, 1.82) is 0 Å². The van der Waals surface area contributed by atoms with Gasteiger partial charge in [0.1, 0.15) is 0 Å². The number of hydrogen-bond donors (Lipinski definition) is 1. The highest BCUT2D eigenvalue weighted by atomic mass is 16.5. The van der Waals surface area contributed by atoms with Crippen molar-refractivity contribution in [2.45, 2.75) is 51.6 Å². The number of hydrogen-bond acceptors (Lipinski definition) is 2. The molecule has 0 radical (unpaired) electrons. The monoisotopic (exact) mass is 271 g/mol. The maximum Gasteiger partial charge on any atom is 0.306 e. The van der Waals surface area contributed by atoms with E-state index < -0.39 is 0 Å². The number of aromatic amines is 1. The van der Waals surface area contributed by atoms with Crippen molar-refractivity contribution >= 4 is 16.9 Å². The van der Waals surface area contributed by atoms with E-state index in [2.05, 4.69) is 23.2 Å². The van der Waals surface area contributed by atoms with Crippen molar-refractivity contribution in [3.8, 4) is 0 Å². The number of ether oxygens (including phenoxy) is 1. The molecular weight excluding hydrogens is 250 g/mol. The second-order valence-electron chi connectivity index (χ2n) is 5.89. The number of carbonyl (C=O) groups excluding carboxylic acids is 1. The highest BCUT2D eigenvalue weighted by Gasteiger charge is 2.27. The molecular formula is C17H21NO2. The van der Waals surface area contributed by atoms with E-state index in [4.69, 9.17) is 4.74 Å². The molecule has 2 aromatic rings. The number of rotatable bonds is 3. The molecule has 1 atom stereocenters. The molecule has 1 unspecified atom stereocenters. The van der Waals surface area contributed by atoms with Crippen molar-refractivity contribution < 1.29 is 9.53 Å². The van der Waals surface area contributed by atoms with Crippen molar-refractivity contribution in [3.05, 3.63) is 35.5 Å². The highest BCUT2D eigenvalue weighted by molar-refractivity contribution is 5.86. The minimum atomic E-state index is -0.0804. The van der Waals surface area contributed by atoms with Gasteiger partial charge in [0.15, 0.2) is 0 Å². The topological polar surface area (TPSA) is 42.1 Å². The van der Waals surface area contributed by atoms with E-state index in [0.717, 1.165) is 19.3 Å². The third kappa shape index (κ3) is 2.45. The molecule has 3 nitrogen and oxygen atoms in total. The largest absolute Gasteiger partial charge is 0.463 e. The van der Waals surface area contributed by atoms with Crippen LogP contribution in [0, 0.1) is 0 Å². The SMILES string of the molecule is CC(C)OC(=O)CC1CCCc2[nH]c3ccccc3c21. The predicted octanol–water partition coefficient (Wildman–Crippen LogP) is 3.93. The Morgan fingerprint density at radius 1 is 1.40 bits per heavy atom. The van der Waals surface area contributed by atoms with Crippen LogP contribution in [0.15, 0.2) is 24.3 Å². The van der Waals surface area contributed by atoms with E-state index in [9.17, 15) is 4.79 Å². The molecule has 0 aliphatic heterocycles. The molecule has 1 aliphatic carbocycles. The van der Waals surface area contributed by atoms with Crippen LogP contribution in [0.1, 0.15) is 50.3 Å². The standard InChI is InChI=1S/C17H21NO2/c1-11(2)20-16(19)10-12-6-5-9-15-17(12)13-7-3-4-8-14(13)18-15/h3-4,7-8,11-12,18H,5-6,9-10H2,1-2H3. The summed E-state index contributed by atoms with van der Waals surface area (Å²) in [6, 6.07) is 8.37. The first-order valence-electron chi connectivity index (χ1n) is 7.44. The first-order chi connectivity index (χ1) is 9.65. The van der Waals surface area contributed by atoms with Gasteiger partial charge in [0.25, 0.3) is 0 Å². The van der Waals surface area contributed by atoms with Crippen molar-refractivity contribution in [2.24, 2.45) is 0 Å². The summed E-state index contributed by atoms with van der Waals surface area (Å²) in [7, 11) is 0. The van der Waals surface area contributed by atoms with E-state index >= 15 is 0 Å². The average molecular weight is 271 g/mol. The lowest BCUT2D eigenvalue weighted by atomic mass is 9.83. The molecule has 0 amide bonds. The molecule has 3 rings (SSSR count). The molecule has 1 aromatic carbocycles. The lowest BCUT2D eigenvalue weighted by molar-refractivity contribution is -0.147. The van der Waals surface area contributed by atoms with Gasteiger partial charge in [-0.1, -0.05) is 18.2 Å². The minimum Gasteiger partial charge on any atom is -0.463 e. The third-order valence-electron chi connectivity index (χ3n) is 4.00. The number of para-hydroxylation sites is 1. The first kappa shape index (κ1) is 13.2. The van der Waals surface area contributed by atoms with E-state index in [1.807, 2.05) is 19.9 Å². The van der Waals surface area contributed by atoms with Crippen LogP contribution in [0.3, 0.4) is 0 Å². The summed E-state index contributed by atoms with van der Waals surface area (Å²) in [4.78, 5) is 15.5. The predicted molar refractivity (Wildman–Crippen MR) is 79.8 cm³/mol. The van der Waals surface area contributed by atoms with E-state index in [1.165, 1.54) is 22.2 Å². The Hall–Kier alpha value is -1.77. The number of fused-ring (bicyclic) bond motifs is 3. The quantitative estimate of drug-likeness (QED) is 0.859. The summed E-state index contributed by atoms with van der Waals surface area (Å²) in [5.41, 5.74) is 3.83. The molecule has 1 N–H and O–H groups in total. The van der Waals surface area contributed by atoms with Gasteiger partial charge in [-0.25, -0.2) is 0 Å². The molecule has 3 heteroatoms. The van der Waals surface area contributed by atoms with Gasteiger partial charge in [-0.15, -0.1) is 0 Å². The van der Waals surface area contributed by atoms with Crippen molar-refractivity contribution in [2.75, 3.05) is 0 Å². The summed E-state index contributed by atoms with van der Waals surface area (Å²) >= 11 is 0. The van der Waals surface area contributed by atoms with Gasteiger partial charge in [0, 0.05) is 16.6 Å². The van der Waals surface area contributed by atoms with Crippen LogP contribution in [0.25, 0.3) is 10.9 Å². The van der Waals surface area contributed by atoms with Crippen molar-refractivity contribution in [3.63, 3.8) is 0 Å². The zero-order valence-electron chi connectivity index (χ0n) is 12.1. The van der Waals surface area contributed by atoms with E-state index in [-0.39, 0.29) is 12.1 Å². The Balaban J connectivity index is 1.91. The zero-order chi connectivity index (χ0) is 14.1. The van der Waals surface area contributed by atoms with Gasteiger partial charge >= 0.3 is 5.97 Å². The average Bonchev–Trinajstić information content (AvgIpc) is 2.77. The summed E-state index contributed by atoms with van der Waals surface area (Å²) in [6.07, 6.45) is 3.75. The highest BCUT2D eigenvalue weighted by Crippen LogP contribution is 2.39. The van der Waals surface area contributed by atoms with Crippen LogP contribution in [0.4, 0.5) is 0 Å². The smallest absolute Gasteiger partial charge is 0.306 e. The summed E-state index contributed by atoms with van der Waals surface area (Å²) in [5, 5.41) is 1.27. The summed E-state index contributed by atoms with van der Waals surface area (Å²) in [5.74, 6) is 0.212. The Bertz CT molecular complexity index is 627. The molecule has 0 spiro atoms. The fourth-order valence-electron chi connectivity index (χ4n) is 3.27. The molecule has 20 heavy (non-hydrogen) atoms. The fourth-order valence-corrected chi connectivity index (χ4v) is 3.27. The van der Waals surface area contributed by atoms with Crippen LogP contribution in [-0.4, -0.2) is 17.1 Å². The Labute approximate surface area is 119 Å². The van der Waals surface area contributed by atoms with Gasteiger partial charge in [-0.2, -0.15) is 0 Å². The summed E-state index contributed by atoms with van der Waals surface area (Å²) in [6.45, 7) is 3.80. The molecule has 0 saturated heterocycles. The number of nitrogens with one attached hydrogen (secondary N) is 1. The maximum absolute atomic E-state index is 12.0. The Morgan fingerprint density at radius 3 is 3.00 bits per heavy atom. The molecule has 106 valence electrons. The van der Waals surface area contributed by atoms with Gasteiger partial charge in [0.05, 0.1) is 12.5 Å². The van der Waals surface area contributed by atoms with Crippen molar-refractivity contribution in [1.82, 2.24) is 4.98 Å². The summed E-state index contributed by atoms with van der Waals surface area (Å²) < 4.78 is 5.31. The number of aryl methyl sites for hydroxylation is 1. The molecule has 0 fully saturated rings. The number of benzene rings is 1. The maximum atomic E-state index is 12.0. The van der Waals surface area contributed by atoms with Gasteiger partial charge < -0.3 is 9.72 Å². The molecule has 1 aliphatic rings. The van der Waals surface area contributed by atoms with Crippen LogP contribution in [0.5, 0.6) is 0 Å². The first-order valence-corrected chi connectivity index (χ1v) is 7.44. The van der Waals surface area contributed by atoms with Crippen LogP contribution in [-0.2, 0) is 16.0 Å². The lowest BCUT2D eigenvalue weighted by Gasteiger charge is -2.22. The van der Waals surface area contributed by atoms with Crippen LogP contribution >= 0.6 is 0 Å². The Kier molecular flexibility index (Phi) is 3.51. The zero-order valence-corrected chi connectivity index (χ0v) is 12.1. The molecule has 0 bridgehead atoms. The number of esters is 1. The third-order valence-corrected chi connectivity index (χ3v) is 4.00. The minimum absolute atomic E-state index is 0.0338. The van der Waals surface area contributed by atoms with E-state index in [1.54, 1.807) is 0 Å². The van der Waals surface area contributed by atoms with Crippen LogP contribution in [0.2, 0.25) is 0 Å². The van der Waals surface area contributed by atoms with Gasteiger partial charge in [0.2, 0.25) is 0 Å². The number of H-pyrrole nitrogens is 1. The fraction of sp³-hybridized carbons (Fsp3) is 0.471. The number of aromatic nitrogens is 1. The van der Waals surface area contributed by atoms with Crippen LogP contribution < -0.4 is 0 Å². The Morgan fingerprint density at radius 2 is 2.20 bits per heavy atom. The second kappa shape index (κ2) is 5.31. The number of carbonyl (C=O) groups is 1. The molecule has 1 aromatic heterocycles. The lowest BCUT2D eigenvalue weighted by Crippen LogP contribution is -2.17. The van der Waals surface area contributed by atoms with Gasteiger partial charge in [-0.05, 0) is 50.7 Å². The second-order valence-corrected chi connectivity index (χ2v) is 5.89.